The average molecular weight is 499 g/mol. The molecule has 0 aliphatic carbocycles. The summed E-state index contributed by atoms with van der Waals surface area (Å²) in [6, 6.07) is 26.8. The molecule has 0 bridgehead atoms. The highest BCUT2D eigenvalue weighted by molar-refractivity contribution is 7.99. The fourth-order valence-corrected chi connectivity index (χ4v) is 4.84. The predicted octanol–water partition coefficient (Wildman–Crippen LogP) is 4.83. The zero-order valence-electron chi connectivity index (χ0n) is 20.4. The van der Waals surface area contributed by atoms with Crippen LogP contribution in [-0.2, 0) is 11.3 Å². The third-order valence-electron chi connectivity index (χ3n) is 6.26. The molecule has 184 valence electrons. The minimum Gasteiger partial charge on any atom is -0.369 e. The van der Waals surface area contributed by atoms with Crippen LogP contribution >= 0.6 is 11.8 Å². The quantitative estimate of drug-likeness (QED) is 0.339. The van der Waals surface area contributed by atoms with Crippen LogP contribution in [0.1, 0.15) is 11.1 Å². The van der Waals surface area contributed by atoms with Gasteiger partial charge in [0.05, 0.1) is 5.75 Å². The van der Waals surface area contributed by atoms with E-state index in [2.05, 4.69) is 72.8 Å². The predicted molar refractivity (Wildman–Crippen MR) is 146 cm³/mol. The molecule has 5 rings (SSSR count). The number of benzene rings is 3. The summed E-state index contributed by atoms with van der Waals surface area (Å²) in [5.41, 5.74) is 5.51. The van der Waals surface area contributed by atoms with Crippen LogP contribution in [-0.4, -0.2) is 57.9 Å². The molecule has 7 nitrogen and oxygen atoms in total. The van der Waals surface area contributed by atoms with Gasteiger partial charge in [-0.15, -0.1) is 5.10 Å². The van der Waals surface area contributed by atoms with Crippen LogP contribution in [0, 0.1) is 6.92 Å². The molecule has 0 spiro atoms. The van der Waals surface area contributed by atoms with Crippen molar-refractivity contribution < 1.29 is 4.79 Å². The molecule has 4 aromatic rings. The summed E-state index contributed by atoms with van der Waals surface area (Å²) >= 11 is 1.31. The molecule has 1 saturated heterocycles. The Kier molecular flexibility index (Phi) is 7.64. The van der Waals surface area contributed by atoms with Crippen molar-refractivity contribution in [1.82, 2.24) is 20.1 Å². The number of aromatic amines is 1. The molecule has 0 atom stereocenters. The summed E-state index contributed by atoms with van der Waals surface area (Å²) in [5.74, 6) is 0.870. The Labute approximate surface area is 215 Å². The summed E-state index contributed by atoms with van der Waals surface area (Å²) < 4.78 is 0. The van der Waals surface area contributed by atoms with Crippen LogP contribution in [0.5, 0.6) is 0 Å². The highest BCUT2D eigenvalue weighted by atomic mass is 32.2. The number of carbonyl (C=O) groups is 1. The lowest BCUT2D eigenvalue weighted by Gasteiger charge is -2.36. The van der Waals surface area contributed by atoms with Gasteiger partial charge in [0.15, 0.2) is 5.82 Å². The van der Waals surface area contributed by atoms with Gasteiger partial charge in [-0.2, -0.15) is 0 Å². The first kappa shape index (κ1) is 24.1. The molecule has 36 heavy (non-hydrogen) atoms. The molecule has 3 aromatic carbocycles. The number of rotatable bonds is 8. The number of thioether (sulfide) groups is 1. The van der Waals surface area contributed by atoms with E-state index in [1.165, 1.54) is 28.6 Å². The molecule has 0 saturated carbocycles. The normalized spacial score (nSPS) is 14.1. The van der Waals surface area contributed by atoms with Crippen molar-refractivity contribution in [2.24, 2.45) is 0 Å². The number of anilines is 2. The number of hydrogen-bond donors (Lipinski definition) is 2. The first-order valence-corrected chi connectivity index (χ1v) is 13.1. The number of piperazine rings is 1. The molecule has 1 fully saturated rings. The number of amides is 1. The van der Waals surface area contributed by atoms with E-state index >= 15 is 0 Å². The van der Waals surface area contributed by atoms with Crippen LogP contribution in [0.4, 0.5) is 11.4 Å². The molecular weight excluding hydrogens is 468 g/mol. The minimum atomic E-state index is -0.0797. The van der Waals surface area contributed by atoms with Crippen LogP contribution in [0.25, 0.3) is 11.4 Å². The molecule has 1 amide bonds. The number of carbonyl (C=O) groups excluding carboxylic acids is 1. The highest BCUT2D eigenvalue weighted by Gasteiger charge is 2.17. The number of hydrogen-bond acceptors (Lipinski definition) is 6. The van der Waals surface area contributed by atoms with E-state index in [0.717, 1.165) is 44.0 Å². The minimum absolute atomic E-state index is 0.0797. The first-order chi connectivity index (χ1) is 17.6. The van der Waals surface area contributed by atoms with Crippen molar-refractivity contribution in [3.05, 3.63) is 90.0 Å². The maximum absolute atomic E-state index is 12.5. The molecule has 1 aliphatic heterocycles. The number of nitrogens with zero attached hydrogens (tertiary/aromatic N) is 4. The summed E-state index contributed by atoms with van der Waals surface area (Å²) in [6.07, 6.45) is 0. The van der Waals surface area contributed by atoms with Crippen molar-refractivity contribution in [2.75, 3.05) is 42.1 Å². The van der Waals surface area contributed by atoms with Crippen LogP contribution in [0.3, 0.4) is 0 Å². The fraction of sp³-hybridized carbons (Fsp3) is 0.250. The molecule has 0 radical (unpaired) electrons. The van der Waals surface area contributed by atoms with E-state index in [4.69, 9.17) is 0 Å². The molecule has 0 unspecified atom stereocenters. The Bertz CT molecular complexity index is 1270. The van der Waals surface area contributed by atoms with Gasteiger partial charge < -0.3 is 10.2 Å². The molecule has 2 N–H and O–H groups in total. The smallest absolute Gasteiger partial charge is 0.234 e. The van der Waals surface area contributed by atoms with E-state index in [1.807, 2.05) is 43.3 Å². The van der Waals surface area contributed by atoms with E-state index in [0.29, 0.717) is 11.0 Å². The summed E-state index contributed by atoms with van der Waals surface area (Å²) in [7, 11) is 0. The van der Waals surface area contributed by atoms with Crippen molar-refractivity contribution >= 4 is 29.0 Å². The molecule has 8 heteroatoms. The lowest BCUT2D eigenvalue weighted by molar-refractivity contribution is -0.113. The zero-order chi connectivity index (χ0) is 24.7. The van der Waals surface area contributed by atoms with Gasteiger partial charge in [0, 0.05) is 49.7 Å². The topological polar surface area (TPSA) is 77.2 Å². The summed E-state index contributed by atoms with van der Waals surface area (Å²) in [4.78, 5) is 21.8. The standard InChI is InChI=1S/C28H30N6OS/c1-21-7-9-23(10-8-21)27-30-28(32-31-27)36-20-26(35)29-24-11-13-25(14-12-24)34-17-15-33(16-18-34)19-22-5-3-2-4-6-22/h2-14H,15-20H2,1H3,(H,29,35)(H,30,31,32). The number of nitrogens with one attached hydrogen (secondary N) is 2. The van der Waals surface area contributed by atoms with E-state index in [1.54, 1.807) is 0 Å². The van der Waals surface area contributed by atoms with Crippen LogP contribution in [0.15, 0.2) is 84.0 Å². The largest absolute Gasteiger partial charge is 0.369 e. The molecule has 1 aliphatic rings. The van der Waals surface area contributed by atoms with Crippen molar-refractivity contribution in [3.63, 3.8) is 0 Å². The van der Waals surface area contributed by atoms with Gasteiger partial charge in [-0.05, 0) is 36.8 Å². The van der Waals surface area contributed by atoms with E-state index in [-0.39, 0.29) is 11.7 Å². The molecule has 2 heterocycles. The Morgan fingerprint density at radius 3 is 2.39 bits per heavy atom. The second-order valence-electron chi connectivity index (χ2n) is 8.97. The molecule has 1 aromatic heterocycles. The van der Waals surface area contributed by atoms with Crippen molar-refractivity contribution in [3.8, 4) is 11.4 Å². The molecular formula is C28H30N6OS. The van der Waals surface area contributed by atoms with E-state index < -0.39 is 0 Å². The van der Waals surface area contributed by atoms with Crippen molar-refractivity contribution in [1.29, 1.82) is 0 Å². The van der Waals surface area contributed by atoms with Gasteiger partial charge in [-0.1, -0.05) is 71.9 Å². The first-order valence-electron chi connectivity index (χ1n) is 12.2. The van der Waals surface area contributed by atoms with Gasteiger partial charge in [0.1, 0.15) is 0 Å². The zero-order valence-corrected chi connectivity index (χ0v) is 21.2. The summed E-state index contributed by atoms with van der Waals surface area (Å²) in [6.45, 7) is 7.12. The lowest BCUT2D eigenvalue weighted by atomic mass is 10.1. The number of aryl methyl sites for hydroxylation is 1. The number of H-pyrrole nitrogens is 1. The SMILES string of the molecule is Cc1ccc(-c2nc(SCC(=O)Nc3ccc(N4CCN(Cc5ccccc5)CC4)cc3)n[nH]2)cc1. The average Bonchev–Trinajstić information content (AvgIpc) is 3.39. The van der Waals surface area contributed by atoms with Gasteiger partial charge in [-0.25, -0.2) is 4.98 Å². The summed E-state index contributed by atoms with van der Waals surface area (Å²) in [5, 5.41) is 10.7. The van der Waals surface area contributed by atoms with Gasteiger partial charge >= 0.3 is 0 Å². The third kappa shape index (κ3) is 6.33. The Balaban J connectivity index is 1.07. The fourth-order valence-electron chi connectivity index (χ4n) is 4.24. The maximum atomic E-state index is 12.5. The Hall–Kier alpha value is -3.62. The second kappa shape index (κ2) is 11.4. The Morgan fingerprint density at radius 2 is 1.67 bits per heavy atom. The van der Waals surface area contributed by atoms with Gasteiger partial charge in [-0.3, -0.25) is 14.8 Å². The van der Waals surface area contributed by atoms with Gasteiger partial charge in [0.25, 0.3) is 0 Å². The third-order valence-corrected chi connectivity index (χ3v) is 7.11. The maximum Gasteiger partial charge on any atom is 0.234 e. The highest BCUT2D eigenvalue weighted by Crippen LogP contribution is 2.22. The van der Waals surface area contributed by atoms with Crippen LogP contribution in [0.2, 0.25) is 0 Å². The van der Waals surface area contributed by atoms with Crippen molar-refractivity contribution in [2.45, 2.75) is 18.6 Å². The Morgan fingerprint density at radius 1 is 0.944 bits per heavy atom. The number of aromatic nitrogens is 3. The van der Waals surface area contributed by atoms with E-state index in [9.17, 15) is 4.79 Å². The van der Waals surface area contributed by atoms with Gasteiger partial charge in [0.2, 0.25) is 11.1 Å². The lowest BCUT2D eigenvalue weighted by Crippen LogP contribution is -2.45. The monoisotopic (exact) mass is 498 g/mol. The van der Waals surface area contributed by atoms with Crippen LogP contribution < -0.4 is 10.2 Å². The second-order valence-corrected chi connectivity index (χ2v) is 9.91.